The van der Waals surface area contributed by atoms with Gasteiger partial charge in [-0.1, -0.05) is 0 Å². The number of nitrogens with one attached hydrogen (secondary N) is 1. The Kier molecular flexibility index (Phi) is 4.26. The Bertz CT molecular complexity index is 206. The highest BCUT2D eigenvalue weighted by Crippen LogP contribution is 2.29. The summed E-state index contributed by atoms with van der Waals surface area (Å²) in [6.07, 6.45) is 0.622. The van der Waals surface area contributed by atoms with Gasteiger partial charge in [-0.3, -0.25) is 4.79 Å². The summed E-state index contributed by atoms with van der Waals surface area (Å²) in [5.41, 5.74) is 0. The van der Waals surface area contributed by atoms with Crippen molar-refractivity contribution in [2.24, 2.45) is 0 Å². The average molecular weight is 216 g/mol. The zero-order chi connectivity index (χ0) is 10.6. The van der Waals surface area contributed by atoms with Crippen molar-refractivity contribution in [1.29, 1.82) is 0 Å². The molecule has 0 spiro atoms. The zero-order valence-corrected chi connectivity index (χ0v) is 10.1. The molecule has 1 aliphatic rings. The van der Waals surface area contributed by atoms with Gasteiger partial charge in [-0.25, -0.2) is 0 Å². The fourth-order valence-corrected chi connectivity index (χ4v) is 2.73. The number of thioether (sulfide) groups is 1. The molecule has 0 aliphatic carbocycles. The van der Waals surface area contributed by atoms with Crippen molar-refractivity contribution >= 4 is 17.7 Å². The molecule has 1 N–H and O–H groups in total. The predicted molar refractivity (Wildman–Crippen MR) is 61.7 cm³/mol. The van der Waals surface area contributed by atoms with Crippen molar-refractivity contribution in [3.05, 3.63) is 0 Å². The van der Waals surface area contributed by atoms with E-state index < -0.39 is 0 Å². The lowest BCUT2D eigenvalue weighted by Crippen LogP contribution is -2.46. The van der Waals surface area contributed by atoms with Gasteiger partial charge in [0.1, 0.15) is 0 Å². The molecule has 0 aromatic rings. The third kappa shape index (κ3) is 3.50. The van der Waals surface area contributed by atoms with Crippen LogP contribution in [0.5, 0.6) is 0 Å². The molecule has 82 valence electrons. The van der Waals surface area contributed by atoms with Gasteiger partial charge in [-0.2, -0.15) is 11.8 Å². The molecule has 1 heterocycles. The minimum absolute atomic E-state index is 0.230. The van der Waals surface area contributed by atoms with E-state index in [4.69, 9.17) is 0 Å². The summed E-state index contributed by atoms with van der Waals surface area (Å²) in [6.45, 7) is 6.99. The van der Waals surface area contributed by atoms with Crippen LogP contribution in [0, 0.1) is 0 Å². The van der Waals surface area contributed by atoms with Crippen molar-refractivity contribution in [2.75, 3.05) is 32.4 Å². The van der Waals surface area contributed by atoms with E-state index in [1.54, 1.807) is 0 Å². The molecule has 0 saturated carbocycles. The molecule has 1 saturated heterocycles. The number of rotatable bonds is 3. The third-order valence-electron chi connectivity index (χ3n) is 2.37. The standard InChI is InChI=1S/C10H20N2OS/c1-10(2)8-12(6-7-14-10)9(13)4-5-11-3/h11H,4-8H2,1-3H3. The zero-order valence-electron chi connectivity index (χ0n) is 9.30. The molecule has 4 heteroatoms. The second-order valence-electron chi connectivity index (χ2n) is 4.28. The summed E-state index contributed by atoms with van der Waals surface area (Å²) >= 11 is 1.96. The molecule has 1 aliphatic heterocycles. The van der Waals surface area contributed by atoms with Crippen LogP contribution in [0.3, 0.4) is 0 Å². The van der Waals surface area contributed by atoms with Crippen LogP contribution in [0.4, 0.5) is 0 Å². The minimum Gasteiger partial charge on any atom is -0.340 e. The molecule has 1 fully saturated rings. The van der Waals surface area contributed by atoms with Crippen molar-refractivity contribution in [2.45, 2.75) is 25.0 Å². The Balaban J connectivity index is 2.40. The van der Waals surface area contributed by atoms with Gasteiger partial charge in [0, 0.05) is 36.6 Å². The van der Waals surface area contributed by atoms with Gasteiger partial charge in [-0.05, 0) is 20.9 Å². The first kappa shape index (κ1) is 11.9. The summed E-state index contributed by atoms with van der Waals surface area (Å²) in [5.74, 6) is 1.35. The van der Waals surface area contributed by atoms with Gasteiger partial charge in [0.25, 0.3) is 0 Å². The van der Waals surface area contributed by atoms with Crippen LogP contribution < -0.4 is 5.32 Å². The summed E-state index contributed by atoms with van der Waals surface area (Å²) in [4.78, 5) is 13.7. The summed E-state index contributed by atoms with van der Waals surface area (Å²) in [7, 11) is 1.88. The van der Waals surface area contributed by atoms with Gasteiger partial charge in [0.15, 0.2) is 0 Å². The number of nitrogens with zero attached hydrogens (tertiary/aromatic N) is 1. The fourth-order valence-electron chi connectivity index (χ4n) is 1.62. The van der Waals surface area contributed by atoms with Crippen molar-refractivity contribution in [3.8, 4) is 0 Å². The predicted octanol–water partition coefficient (Wildman–Crippen LogP) is 0.950. The molecule has 1 amide bonds. The first-order valence-corrected chi connectivity index (χ1v) is 6.10. The molecule has 1 rings (SSSR count). The smallest absolute Gasteiger partial charge is 0.223 e. The van der Waals surface area contributed by atoms with Crippen LogP contribution in [0.15, 0.2) is 0 Å². The summed E-state index contributed by atoms with van der Waals surface area (Å²) in [6, 6.07) is 0. The Morgan fingerprint density at radius 3 is 2.86 bits per heavy atom. The van der Waals surface area contributed by atoms with E-state index in [1.165, 1.54) is 0 Å². The first-order valence-electron chi connectivity index (χ1n) is 5.11. The normalized spacial score (nSPS) is 20.9. The van der Waals surface area contributed by atoms with Crippen LogP contribution in [-0.4, -0.2) is 48.0 Å². The Morgan fingerprint density at radius 2 is 2.29 bits per heavy atom. The second-order valence-corrected chi connectivity index (χ2v) is 6.08. The SMILES string of the molecule is CNCCC(=O)N1CCSC(C)(C)C1. The molecule has 0 bridgehead atoms. The number of hydrogen-bond donors (Lipinski definition) is 1. The highest BCUT2D eigenvalue weighted by atomic mass is 32.2. The minimum atomic E-state index is 0.230. The largest absolute Gasteiger partial charge is 0.340 e. The Labute approximate surface area is 90.6 Å². The molecule has 14 heavy (non-hydrogen) atoms. The maximum atomic E-state index is 11.7. The summed E-state index contributed by atoms with van der Waals surface area (Å²) in [5, 5.41) is 3.01. The Hall–Kier alpha value is -0.220. The fraction of sp³-hybridized carbons (Fsp3) is 0.900. The number of carbonyl (C=O) groups is 1. The Morgan fingerprint density at radius 1 is 1.57 bits per heavy atom. The molecule has 3 nitrogen and oxygen atoms in total. The highest BCUT2D eigenvalue weighted by Gasteiger charge is 2.29. The van der Waals surface area contributed by atoms with Gasteiger partial charge in [0.05, 0.1) is 0 Å². The van der Waals surface area contributed by atoms with E-state index >= 15 is 0 Å². The van der Waals surface area contributed by atoms with Crippen LogP contribution in [-0.2, 0) is 4.79 Å². The van der Waals surface area contributed by atoms with Crippen LogP contribution in [0.1, 0.15) is 20.3 Å². The number of carbonyl (C=O) groups excluding carboxylic acids is 1. The molecule has 0 aromatic carbocycles. The van der Waals surface area contributed by atoms with Crippen molar-refractivity contribution in [3.63, 3.8) is 0 Å². The van der Waals surface area contributed by atoms with Gasteiger partial charge < -0.3 is 10.2 Å². The second kappa shape index (κ2) is 5.03. The van der Waals surface area contributed by atoms with Gasteiger partial charge in [0.2, 0.25) is 5.91 Å². The number of hydrogen-bond acceptors (Lipinski definition) is 3. The quantitative estimate of drug-likeness (QED) is 0.762. The van der Waals surface area contributed by atoms with E-state index in [-0.39, 0.29) is 10.7 Å². The lowest BCUT2D eigenvalue weighted by atomic mass is 10.1. The van der Waals surface area contributed by atoms with E-state index in [9.17, 15) is 4.79 Å². The third-order valence-corrected chi connectivity index (χ3v) is 3.66. The lowest BCUT2D eigenvalue weighted by Gasteiger charge is -2.37. The summed E-state index contributed by atoms with van der Waals surface area (Å²) < 4.78 is 0.230. The van der Waals surface area contributed by atoms with Crippen molar-refractivity contribution < 1.29 is 4.79 Å². The highest BCUT2D eigenvalue weighted by molar-refractivity contribution is 8.00. The average Bonchev–Trinajstić information content (AvgIpc) is 2.12. The molecular formula is C10H20N2OS. The van der Waals surface area contributed by atoms with Crippen LogP contribution >= 0.6 is 11.8 Å². The van der Waals surface area contributed by atoms with E-state index in [0.717, 1.165) is 25.4 Å². The molecule has 0 radical (unpaired) electrons. The van der Waals surface area contributed by atoms with E-state index in [0.29, 0.717) is 6.42 Å². The monoisotopic (exact) mass is 216 g/mol. The molecule has 0 aromatic heterocycles. The molecular weight excluding hydrogens is 196 g/mol. The van der Waals surface area contributed by atoms with E-state index in [2.05, 4.69) is 19.2 Å². The van der Waals surface area contributed by atoms with Crippen LogP contribution in [0.25, 0.3) is 0 Å². The topological polar surface area (TPSA) is 32.3 Å². The maximum Gasteiger partial charge on any atom is 0.223 e. The molecule has 0 unspecified atom stereocenters. The number of amides is 1. The lowest BCUT2D eigenvalue weighted by molar-refractivity contribution is -0.131. The van der Waals surface area contributed by atoms with E-state index in [1.807, 2.05) is 23.7 Å². The maximum absolute atomic E-state index is 11.7. The molecule has 0 atom stereocenters. The van der Waals surface area contributed by atoms with Crippen LogP contribution in [0.2, 0.25) is 0 Å². The first-order chi connectivity index (χ1) is 6.55. The van der Waals surface area contributed by atoms with Gasteiger partial charge in [-0.15, -0.1) is 0 Å². The van der Waals surface area contributed by atoms with Crippen molar-refractivity contribution in [1.82, 2.24) is 10.2 Å². The van der Waals surface area contributed by atoms with Gasteiger partial charge >= 0.3 is 0 Å².